The van der Waals surface area contributed by atoms with E-state index < -0.39 is 0 Å². The lowest BCUT2D eigenvalue weighted by molar-refractivity contribution is -0.116. The lowest BCUT2D eigenvalue weighted by atomic mass is 10.2. The predicted octanol–water partition coefficient (Wildman–Crippen LogP) is 5.08. The SMILES string of the molecule is O=C(CCc1nc(-c2ccccc2)no1)Nc1nc(-c2ccc(Cl)cc2)cs1. The molecule has 0 saturated carbocycles. The van der Waals surface area contributed by atoms with Crippen LogP contribution in [0.2, 0.25) is 5.02 Å². The van der Waals surface area contributed by atoms with E-state index >= 15 is 0 Å². The third kappa shape index (κ3) is 4.44. The van der Waals surface area contributed by atoms with E-state index in [0.717, 1.165) is 16.8 Å². The van der Waals surface area contributed by atoms with Gasteiger partial charge in [-0.15, -0.1) is 11.3 Å². The topological polar surface area (TPSA) is 80.9 Å². The van der Waals surface area contributed by atoms with Crippen LogP contribution in [-0.2, 0) is 11.2 Å². The number of benzene rings is 2. The zero-order chi connectivity index (χ0) is 19.3. The number of nitrogens with zero attached hydrogens (tertiary/aromatic N) is 3. The van der Waals surface area contributed by atoms with Gasteiger partial charge in [-0.1, -0.05) is 59.2 Å². The van der Waals surface area contributed by atoms with Crippen LogP contribution in [0, 0.1) is 0 Å². The first-order valence-electron chi connectivity index (χ1n) is 8.57. The number of halogens is 1. The summed E-state index contributed by atoms with van der Waals surface area (Å²) in [4.78, 5) is 21.0. The smallest absolute Gasteiger partial charge is 0.227 e. The molecule has 6 nitrogen and oxygen atoms in total. The monoisotopic (exact) mass is 410 g/mol. The van der Waals surface area contributed by atoms with Crippen molar-refractivity contribution in [3.8, 4) is 22.6 Å². The first kappa shape index (κ1) is 18.3. The molecule has 0 aliphatic carbocycles. The Balaban J connectivity index is 1.33. The summed E-state index contributed by atoms with van der Waals surface area (Å²) in [6.07, 6.45) is 0.591. The summed E-state index contributed by atoms with van der Waals surface area (Å²) in [7, 11) is 0. The highest BCUT2D eigenvalue weighted by Gasteiger charge is 2.12. The normalized spacial score (nSPS) is 10.8. The highest BCUT2D eigenvalue weighted by Crippen LogP contribution is 2.26. The quantitative estimate of drug-likeness (QED) is 0.479. The number of rotatable bonds is 6. The third-order valence-corrected chi connectivity index (χ3v) is 4.97. The summed E-state index contributed by atoms with van der Waals surface area (Å²) < 4.78 is 5.23. The third-order valence-electron chi connectivity index (χ3n) is 3.96. The molecule has 0 atom stereocenters. The minimum Gasteiger partial charge on any atom is -0.339 e. The number of hydrogen-bond donors (Lipinski definition) is 1. The summed E-state index contributed by atoms with van der Waals surface area (Å²) in [5.41, 5.74) is 2.61. The summed E-state index contributed by atoms with van der Waals surface area (Å²) in [6.45, 7) is 0. The molecule has 0 bridgehead atoms. The van der Waals surface area contributed by atoms with Gasteiger partial charge in [0, 0.05) is 34.4 Å². The highest BCUT2D eigenvalue weighted by molar-refractivity contribution is 7.14. The lowest BCUT2D eigenvalue weighted by Crippen LogP contribution is -2.12. The van der Waals surface area contributed by atoms with Crippen molar-refractivity contribution in [2.75, 3.05) is 5.32 Å². The maximum absolute atomic E-state index is 12.2. The largest absolute Gasteiger partial charge is 0.339 e. The summed E-state index contributed by atoms with van der Waals surface area (Å²) in [6, 6.07) is 16.9. The van der Waals surface area contributed by atoms with Gasteiger partial charge in [-0.05, 0) is 12.1 Å². The lowest BCUT2D eigenvalue weighted by Gasteiger charge is -1.99. The second kappa shape index (κ2) is 8.33. The molecule has 1 amide bonds. The number of aromatic nitrogens is 3. The van der Waals surface area contributed by atoms with E-state index in [1.165, 1.54) is 11.3 Å². The standard InChI is InChI=1S/C20H15ClN4O2S/c21-15-8-6-13(7-9-15)16-12-28-20(22-16)23-17(26)10-11-18-24-19(25-27-18)14-4-2-1-3-5-14/h1-9,12H,10-11H2,(H,22,23,26). The molecule has 1 N–H and O–H groups in total. The van der Waals surface area contributed by atoms with Gasteiger partial charge in [0.15, 0.2) is 5.13 Å². The van der Waals surface area contributed by atoms with E-state index in [-0.39, 0.29) is 12.3 Å². The Morgan fingerprint density at radius 1 is 1.04 bits per heavy atom. The Morgan fingerprint density at radius 3 is 2.61 bits per heavy atom. The molecule has 0 spiro atoms. The number of amides is 1. The van der Waals surface area contributed by atoms with Crippen molar-refractivity contribution in [2.24, 2.45) is 0 Å². The summed E-state index contributed by atoms with van der Waals surface area (Å²) in [5, 5.41) is 9.87. The van der Waals surface area contributed by atoms with Gasteiger partial charge in [0.25, 0.3) is 0 Å². The number of carbonyl (C=O) groups excluding carboxylic acids is 1. The van der Waals surface area contributed by atoms with Crippen molar-refractivity contribution in [1.82, 2.24) is 15.1 Å². The van der Waals surface area contributed by atoms with Gasteiger partial charge in [0.05, 0.1) is 5.69 Å². The van der Waals surface area contributed by atoms with Crippen LogP contribution in [0.3, 0.4) is 0 Å². The van der Waals surface area contributed by atoms with Gasteiger partial charge in [-0.2, -0.15) is 4.98 Å². The molecule has 0 aliphatic rings. The molecule has 0 aliphatic heterocycles. The first-order chi connectivity index (χ1) is 13.7. The fourth-order valence-corrected chi connectivity index (χ4v) is 3.41. The van der Waals surface area contributed by atoms with Crippen molar-refractivity contribution >= 4 is 34.0 Å². The fourth-order valence-electron chi connectivity index (χ4n) is 2.55. The van der Waals surface area contributed by atoms with Crippen molar-refractivity contribution < 1.29 is 9.32 Å². The summed E-state index contributed by atoms with van der Waals surface area (Å²) in [5.74, 6) is 0.787. The minimum absolute atomic E-state index is 0.156. The predicted molar refractivity (Wildman–Crippen MR) is 109 cm³/mol. The van der Waals surface area contributed by atoms with Crippen LogP contribution < -0.4 is 5.32 Å². The Labute approximate surface area is 170 Å². The van der Waals surface area contributed by atoms with Crippen LogP contribution in [0.25, 0.3) is 22.6 Å². The van der Waals surface area contributed by atoms with Crippen LogP contribution in [0.1, 0.15) is 12.3 Å². The Kier molecular flexibility index (Phi) is 5.45. The molecule has 2 heterocycles. The molecule has 140 valence electrons. The number of thiazole rings is 1. The van der Waals surface area contributed by atoms with E-state index in [1.807, 2.05) is 60.0 Å². The van der Waals surface area contributed by atoms with Gasteiger partial charge in [-0.3, -0.25) is 4.79 Å². The number of carbonyl (C=O) groups is 1. The Hall–Kier alpha value is -3.03. The van der Waals surface area contributed by atoms with Crippen LogP contribution >= 0.6 is 22.9 Å². The molecule has 0 unspecified atom stereocenters. The van der Waals surface area contributed by atoms with E-state index in [0.29, 0.717) is 28.3 Å². The molecule has 4 rings (SSSR count). The average molecular weight is 411 g/mol. The van der Waals surface area contributed by atoms with Gasteiger partial charge < -0.3 is 9.84 Å². The van der Waals surface area contributed by atoms with Gasteiger partial charge in [0.2, 0.25) is 17.6 Å². The number of anilines is 1. The van der Waals surface area contributed by atoms with Gasteiger partial charge in [0.1, 0.15) is 0 Å². The second-order valence-corrected chi connectivity index (χ2v) is 7.27. The molecule has 8 heteroatoms. The van der Waals surface area contributed by atoms with Gasteiger partial charge in [-0.25, -0.2) is 4.98 Å². The minimum atomic E-state index is -0.156. The molecule has 0 saturated heterocycles. The number of aryl methyl sites for hydroxylation is 1. The maximum Gasteiger partial charge on any atom is 0.227 e. The molecule has 4 aromatic rings. The fraction of sp³-hybridized carbons (Fsp3) is 0.100. The van der Waals surface area contributed by atoms with E-state index in [1.54, 1.807) is 0 Å². The Bertz CT molecular complexity index is 1080. The zero-order valence-corrected chi connectivity index (χ0v) is 16.2. The average Bonchev–Trinajstić information content (AvgIpc) is 3.37. The number of nitrogens with one attached hydrogen (secondary N) is 1. The van der Waals surface area contributed by atoms with Crippen molar-refractivity contribution in [1.29, 1.82) is 0 Å². The van der Waals surface area contributed by atoms with Crippen molar-refractivity contribution in [3.63, 3.8) is 0 Å². The van der Waals surface area contributed by atoms with E-state index in [2.05, 4.69) is 20.4 Å². The molecule has 0 fully saturated rings. The maximum atomic E-state index is 12.2. The molecule has 2 aromatic heterocycles. The second-order valence-electron chi connectivity index (χ2n) is 5.97. The molecule has 0 radical (unpaired) electrons. The van der Waals surface area contributed by atoms with E-state index in [9.17, 15) is 4.79 Å². The molecular weight excluding hydrogens is 396 g/mol. The molecule has 28 heavy (non-hydrogen) atoms. The zero-order valence-electron chi connectivity index (χ0n) is 14.6. The van der Waals surface area contributed by atoms with Gasteiger partial charge >= 0.3 is 0 Å². The summed E-state index contributed by atoms with van der Waals surface area (Å²) >= 11 is 7.28. The first-order valence-corrected chi connectivity index (χ1v) is 9.82. The van der Waals surface area contributed by atoms with Crippen molar-refractivity contribution in [2.45, 2.75) is 12.8 Å². The van der Waals surface area contributed by atoms with Crippen LogP contribution in [0.4, 0.5) is 5.13 Å². The van der Waals surface area contributed by atoms with Crippen LogP contribution in [0.15, 0.2) is 64.5 Å². The van der Waals surface area contributed by atoms with Crippen LogP contribution in [0.5, 0.6) is 0 Å². The number of hydrogen-bond acceptors (Lipinski definition) is 6. The van der Waals surface area contributed by atoms with Crippen LogP contribution in [-0.4, -0.2) is 21.0 Å². The molecule has 2 aromatic carbocycles. The van der Waals surface area contributed by atoms with E-state index in [4.69, 9.17) is 16.1 Å². The van der Waals surface area contributed by atoms with Crippen molar-refractivity contribution in [3.05, 3.63) is 70.9 Å². The highest BCUT2D eigenvalue weighted by atomic mass is 35.5. The Morgan fingerprint density at radius 2 is 1.82 bits per heavy atom. The molecular formula is C20H15ClN4O2S.